The first kappa shape index (κ1) is 48.6. The molecule has 0 aliphatic heterocycles. The van der Waals surface area contributed by atoms with E-state index in [2.05, 4.69) is 43.5 Å². The van der Waals surface area contributed by atoms with Crippen LogP contribution in [0.5, 0.6) is 0 Å². The summed E-state index contributed by atoms with van der Waals surface area (Å²) >= 11 is 0. The predicted molar refractivity (Wildman–Crippen MR) is 218 cm³/mol. The molecule has 0 heterocycles. The number of amides is 1. The van der Waals surface area contributed by atoms with E-state index in [9.17, 15) is 20.1 Å². The molecule has 0 saturated carbocycles. The van der Waals surface area contributed by atoms with Crippen LogP contribution < -0.4 is 5.32 Å². The molecule has 0 aliphatic rings. The number of nitrogens with one attached hydrogen (secondary N) is 1. The number of aliphatic hydroxyl groups is 3. The minimum absolute atomic E-state index is 0.00479. The predicted octanol–water partition coefficient (Wildman–Crippen LogP) is 12.4. The van der Waals surface area contributed by atoms with Crippen LogP contribution in [-0.4, -0.2) is 46.1 Å². The molecule has 294 valence electrons. The summed E-state index contributed by atoms with van der Waals surface area (Å²) in [7, 11) is 0. The fraction of sp³-hybridized carbons (Fsp3) is 0.844. The number of hydrogen-bond acceptors (Lipinski definition) is 4. The largest absolute Gasteiger partial charge is 0.394 e. The Morgan fingerprint density at radius 1 is 0.500 bits per heavy atom. The number of carbonyl (C=O) groups excluding carboxylic acids is 1. The van der Waals surface area contributed by atoms with Crippen LogP contribution in [0.1, 0.15) is 219 Å². The molecule has 0 radical (unpaired) electrons. The third-order valence-corrected chi connectivity index (χ3v) is 9.91. The lowest BCUT2D eigenvalue weighted by Crippen LogP contribution is -2.45. The number of unbranched alkanes of at least 4 members (excludes halogenated alkanes) is 26. The molecule has 3 unspecified atom stereocenters. The standard InChI is InChI=1S/C45H85NO4/c1-3-5-7-9-11-13-15-17-18-19-20-21-22-23-24-25-26-27-28-30-32-34-36-38-42(48)40-45(50)46-43(41-47)44(49)39-37-35-33-31-29-16-14-12-10-8-6-4-2/h10,12,29,31,37,39,42-44,47-49H,3-9,11,13-28,30,32-36,38,40-41H2,1-2H3,(H,46,50)/b12-10+,31-29+,39-37+. The Balaban J connectivity index is 3.62. The summed E-state index contributed by atoms with van der Waals surface area (Å²) in [5.41, 5.74) is 0. The van der Waals surface area contributed by atoms with Crippen LogP contribution in [0.3, 0.4) is 0 Å². The second kappa shape index (κ2) is 40.3. The third kappa shape index (κ3) is 36.4. The van der Waals surface area contributed by atoms with Crippen LogP contribution in [0.15, 0.2) is 36.5 Å². The van der Waals surface area contributed by atoms with Crippen molar-refractivity contribution >= 4 is 5.91 Å². The smallest absolute Gasteiger partial charge is 0.222 e. The maximum atomic E-state index is 12.4. The molecule has 4 N–H and O–H groups in total. The van der Waals surface area contributed by atoms with Crippen molar-refractivity contribution in [2.24, 2.45) is 0 Å². The quantitative estimate of drug-likeness (QED) is 0.0379. The minimum Gasteiger partial charge on any atom is -0.394 e. The third-order valence-electron chi connectivity index (χ3n) is 9.91. The maximum absolute atomic E-state index is 12.4. The lowest BCUT2D eigenvalue weighted by atomic mass is 10.0. The fourth-order valence-electron chi connectivity index (χ4n) is 6.53. The van der Waals surface area contributed by atoms with Gasteiger partial charge in [-0.1, -0.05) is 211 Å². The summed E-state index contributed by atoms with van der Waals surface area (Å²) in [4.78, 5) is 12.4. The van der Waals surface area contributed by atoms with Gasteiger partial charge in [0.2, 0.25) is 5.91 Å². The van der Waals surface area contributed by atoms with Crippen molar-refractivity contribution in [3.63, 3.8) is 0 Å². The van der Waals surface area contributed by atoms with E-state index in [4.69, 9.17) is 0 Å². The molecule has 0 rings (SSSR count). The van der Waals surface area contributed by atoms with Crippen molar-refractivity contribution in [2.45, 2.75) is 238 Å². The van der Waals surface area contributed by atoms with E-state index < -0.39 is 18.2 Å². The highest BCUT2D eigenvalue weighted by Gasteiger charge is 2.20. The average Bonchev–Trinajstić information content (AvgIpc) is 3.11. The van der Waals surface area contributed by atoms with E-state index in [0.717, 1.165) is 38.5 Å². The van der Waals surface area contributed by atoms with Crippen molar-refractivity contribution in [1.82, 2.24) is 5.32 Å². The van der Waals surface area contributed by atoms with E-state index in [1.807, 2.05) is 6.08 Å². The Morgan fingerprint density at radius 2 is 0.860 bits per heavy atom. The van der Waals surface area contributed by atoms with Crippen molar-refractivity contribution in [3.8, 4) is 0 Å². The van der Waals surface area contributed by atoms with Crippen LogP contribution in [0, 0.1) is 0 Å². The molecule has 5 nitrogen and oxygen atoms in total. The molecule has 0 aromatic rings. The Labute approximate surface area is 311 Å². The van der Waals surface area contributed by atoms with E-state index >= 15 is 0 Å². The second-order valence-corrected chi connectivity index (χ2v) is 14.9. The zero-order valence-electron chi connectivity index (χ0n) is 33.3. The van der Waals surface area contributed by atoms with Gasteiger partial charge in [-0.15, -0.1) is 0 Å². The normalized spacial score (nSPS) is 13.9. The fourth-order valence-corrected chi connectivity index (χ4v) is 6.53. The molecule has 0 aromatic heterocycles. The Bertz CT molecular complexity index is 779. The van der Waals surface area contributed by atoms with Crippen molar-refractivity contribution in [3.05, 3.63) is 36.5 Å². The Hall–Kier alpha value is -1.43. The van der Waals surface area contributed by atoms with Gasteiger partial charge in [0.1, 0.15) is 0 Å². The van der Waals surface area contributed by atoms with E-state index in [1.165, 1.54) is 154 Å². The van der Waals surface area contributed by atoms with Crippen LogP contribution in [0.25, 0.3) is 0 Å². The molecule has 5 heteroatoms. The number of carbonyl (C=O) groups is 1. The van der Waals surface area contributed by atoms with Gasteiger partial charge in [0, 0.05) is 0 Å². The highest BCUT2D eigenvalue weighted by atomic mass is 16.3. The van der Waals surface area contributed by atoms with Crippen molar-refractivity contribution in [2.75, 3.05) is 6.61 Å². The molecule has 0 bridgehead atoms. The van der Waals surface area contributed by atoms with Crippen LogP contribution in [0.2, 0.25) is 0 Å². The minimum atomic E-state index is -0.956. The van der Waals surface area contributed by atoms with E-state index in [-0.39, 0.29) is 18.9 Å². The topological polar surface area (TPSA) is 89.8 Å². The first-order valence-electron chi connectivity index (χ1n) is 21.8. The number of allylic oxidation sites excluding steroid dienone is 5. The monoisotopic (exact) mass is 704 g/mol. The SMILES string of the molecule is CCCC/C=C/CC/C=C/CC/C=C/C(O)C(CO)NC(=O)CC(O)CCCCCCCCCCCCCCCCCCCCCCCCC. The summed E-state index contributed by atoms with van der Waals surface area (Å²) in [6, 6.07) is -0.764. The number of rotatable bonds is 39. The lowest BCUT2D eigenvalue weighted by molar-refractivity contribution is -0.124. The summed E-state index contributed by atoms with van der Waals surface area (Å²) in [6.07, 6.45) is 50.1. The van der Waals surface area contributed by atoms with Gasteiger partial charge in [0.05, 0.1) is 31.3 Å². The molecule has 0 saturated heterocycles. The summed E-state index contributed by atoms with van der Waals surface area (Å²) < 4.78 is 0. The molecule has 1 amide bonds. The zero-order valence-corrected chi connectivity index (χ0v) is 33.3. The number of hydrogen-bond donors (Lipinski definition) is 4. The highest BCUT2D eigenvalue weighted by molar-refractivity contribution is 5.76. The first-order valence-corrected chi connectivity index (χ1v) is 21.8. The highest BCUT2D eigenvalue weighted by Crippen LogP contribution is 2.16. The molecular weight excluding hydrogens is 618 g/mol. The maximum Gasteiger partial charge on any atom is 0.222 e. The second-order valence-electron chi connectivity index (χ2n) is 14.9. The zero-order chi connectivity index (χ0) is 36.6. The molecule has 50 heavy (non-hydrogen) atoms. The van der Waals surface area contributed by atoms with Gasteiger partial charge in [-0.2, -0.15) is 0 Å². The first-order chi connectivity index (χ1) is 24.5. The van der Waals surface area contributed by atoms with Crippen molar-refractivity contribution in [1.29, 1.82) is 0 Å². The average molecular weight is 704 g/mol. The Morgan fingerprint density at radius 3 is 1.26 bits per heavy atom. The van der Waals surface area contributed by atoms with Crippen LogP contribution in [-0.2, 0) is 4.79 Å². The van der Waals surface area contributed by atoms with Gasteiger partial charge in [-0.3, -0.25) is 4.79 Å². The van der Waals surface area contributed by atoms with E-state index in [0.29, 0.717) is 6.42 Å². The molecule has 3 atom stereocenters. The summed E-state index contributed by atoms with van der Waals surface area (Å²) in [6.45, 7) is 4.15. The van der Waals surface area contributed by atoms with Crippen LogP contribution >= 0.6 is 0 Å². The lowest BCUT2D eigenvalue weighted by Gasteiger charge is -2.21. The van der Waals surface area contributed by atoms with Gasteiger partial charge in [-0.05, 0) is 38.5 Å². The van der Waals surface area contributed by atoms with Gasteiger partial charge in [0.25, 0.3) is 0 Å². The molecule has 0 spiro atoms. The van der Waals surface area contributed by atoms with Gasteiger partial charge < -0.3 is 20.6 Å². The Kier molecular flexibility index (Phi) is 39.2. The summed E-state index contributed by atoms with van der Waals surface area (Å²) in [5, 5.41) is 33.1. The van der Waals surface area contributed by atoms with Gasteiger partial charge in [0.15, 0.2) is 0 Å². The van der Waals surface area contributed by atoms with Crippen molar-refractivity contribution < 1.29 is 20.1 Å². The summed E-state index contributed by atoms with van der Waals surface area (Å²) in [5.74, 6) is -0.329. The molecular formula is C45H85NO4. The number of aliphatic hydroxyl groups excluding tert-OH is 3. The van der Waals surface area contributed by atoms with E-state index in [1.54, 1.807) is 6.08 Å². The van der Waals surface area contributed by atoms with Crippen LogP contribution in [0.4, 0.5) is 0 Å². The molecule has 0 aliphatic carbocycles. The van der Waals surface area contributed by atoms with Gasteiger partial charge >= 0.3 is 0 Å². The van der Waals surface area contributed by atoms with Gasteiger partial charge in [-0.25, -0.2) is 0 Å². The molecule has 0 aromatic carbocycles. The molecule has 0 fully saturated rings.